The van der Waals surface area contributed by atoms with Crippen LogP contribution in [0.5, 0.6) is 0 Å². The third kappa shape index (κ3) is 3.00. The van der Waals surface area contributed by atoms with Crippen LogP contribution in [0.2, 0.25) is 0 Å². The van der Waals surface area contributed by atoms with Gasteiger partial charge in [-0.25, -0.2) is 4.98 Å². The number of pyridine rings is 1. The van der Waals surface area contributed by atoms with Crippen LogP contribution in [0.25, 0.3) is 22.2 Å². The molecule has 4 rings (SSSR count). The van der Waals surface area contributed by atoms with E-state index < -0.39 is 0 Å². The van der Waals surface area contributed by atoms with Gasteiger partial charge in [0.1, 0.15) is 0 Å². The number of nitrogens with one attached hydrogen (secondary N) is 1. The molecule has 0 amide bonds. The van der Waals surface area contributed by atoms with Gasteiger partial charge in [-0.2, -0.15) is 4.98 Å². The number of anilines is 1. The quantitative estimate of drug-likeness (QED) is 0.776. The fourth-order valence-electron chi connectivity index (χ4n) is 3.19. The molecule has 1 aromatic carbocycles. The van der Waals surface area contributed by atoms with Crippen LogP contribution in [-0.2, 0) is 0 Å². The van der Waals surface area contributed by atoms with E-state index in [4.69, 9.17) is 0 Å². The van der Waals surface area contributed by atoms with Crippen molar-refractivity contribution in [1.29, 1.82) is 0 Å². The number of piperazine rings is 1. The fourth-order valence-corrected chi connectivity index (χ4v) is 3.19. The van der Waals surface area contributed by atoms with Crippen molar-refractivity contribution in [3.8, 4) is 11.1 Å². The molecule has 1 saturated heterocycles. The Bertz CT molecular complexity index is 956. The Morgan fingerprint density at radius 3 is 2.48 bits per heavy atom. The van der Waals surface area contributed by atoms with Gasteiger partial charge in [0.25, 0.3) is 5.56 Å². The predicted octanol–water partition coefficient (Wildman–Crippen LogP) is 2.05. The van der Waals surface area contributed by atoms with Crippen LogP contribution in [0.1, 0.15) is 5.56 Å². The Morgan fingerprint density at radius 2 is 1.76 bits per heavy atom. The molecule has 0 unspecified atom stereocenters. The number of fused-ring (bicyclic) bond motifs is 1. The van der Waals surface area contributed by atoms with Crippen molar-refractivity contribution in [2.24, 2.45) is 0 Å². The van der Waals surface area contributed by atoms with Crippen LogP contribution in [0.3, 0.4) is 0 Å². The summed E-state index contributed by atoms with van der Waals surface area (Å²) >= 11 is 0. The van der Waals surface area contributed by atoms with Crippen molar-refractivity contribution in [3.05, 3.63) is 52.4 Å². The largest absolute Gasteiger partial charge is 0.340 e. The number of rotatable bonds is 2. The monoisotopic (exact) mass is 335 g/mol. The summed E-state index contributed by atoms with van der Waals surface area (Å²) in [7, 11) is 2.10. The van der Waals surface area contributed by atoms with Gasteiger partial charge < -0.3 is 9.80 Å². The lowest BCUT2D eigenvalue weighted by Crippen LogP contribution is -2.45. The first kappa shape index (κ1) is 15.8. The van der Waals surface area contributed by atoms with Crippen LogP contribution < -0.4 is 10.5 Å². The molecule has 1 N–H and O–H groups in total. The van der Waals surface area contributed by atoms with E-state index in [9.17, 15) is 4.79 Å². The van der Waals surface area contributed by atoms with Crippen LogP contribution in [0.4, 0.5) is 5.95 Å². The van der Waals surface area contributed by atoms with E-state index in [2.05, 4.69) is 31.8 Å². The lowest BCUT2D eigenvalue weighted by atomic mass is 10.0. The minimum atomic E-state index is -0.136. The zero-order valence-corrected chi connectivity index (χ0v) is 14.5. The van der Waals surface area contributed by atoms with Crippen LogP contribution in [0.15, 0.2) is 41.3 Å². The van der Waals surface area contributed by atoms with Gasteiger partial charge in [0, 0.05) is 32.4 Å². The normalized spacial score (nSPS) is 15.7. The van der Waals surface area contributed by atoms with Gasteiger partial charge in [0.05, 0.1) is 5.39 Å². The summed E-state index contributed by atoms with van der Waals surface area (Å²) in [4.78, 5) is 29.1. The fraction of sp³-hybridized carbons (Fsp3) is 0.316. The van der Waals surface area contributed by atoms with E-state index in [-0.39, 0.29) is 5.56 Å². The maximum Gasteiger partial charge on any atom is 0.262 e. The maximum atomic E-state index is 12.8. The predicted molar refractivity (Wildman–Crippen MR) is 100 cm³/mol. The first-order valence-corrected chi connectivity index (χ1v) is 8.51. The van der Waals surface area contributed by atoms with Crippen LogP contribution in [0, 0.1) is 6.92 Å². The van der Waals surface area contributed by atoms with Crippen molar-refractivity contribution < 1.29 is 0 Å². The van der Waals surface area contributed by atoms with Gasteiger partial charge >= 0.3 is 0 Å². The van der Waals surface area contributed by atoms with E-state index in [1.807, 2.05) is 37.3 Å². The molecule has 0 radical (unpaired) electrons. The molecule has 1 aliphatic rings. The molecular weight excluding hydrogens is 314 g/mol. The molecule has 0 aliphatic carbocycles. The topological polar surface area (TPSA) is 65.1 Å². The molecular formula is C19H21N5O. The Hall–Kier alpha value is -2.73. The second-order valence-corrected chi connectivity index (χ2v) is 6.60. The van der Waals surface area contributed by atoms with Gasteiger partial charge in [-0.05, 0) is 31.2 Å². The molecule has 128 valence electrons. The summed E-state index contributed by atoms with van der Waals surface area (Å²) in [5, 5.41) is 0.546. The number of hydrogen-bond acceptors (Lipinski definition) is 5. The third-order valence-electron chi connectivity index (χ3n) is 4.76. The van der Waals surface area contributed by atoms with E-state index in [0.717, 1.165) is 37.3 Å². The van der Waals surface area contributed by atoms with Crippen molar-refractivity contribution >= 4 is 17.0 Å². The summed E-state index contributed by atoms with van der Waals surface area (Å²) in [6.07, 6.45) is 1.72. The number of H-pyrrole nitrogens is 1. The molecule has 3 heterocycles. The smallest absolute Gasteiger partial charge is 0.262 e. The number of aromatic nitrogens is 3. The van der Waals surface area contributed by atoms with Gasteiger partial charge in [-0.15, -0.1) is 0 Å². The maximum absolute atomic E-state index is 12.8. The minimum Gasteiger partial charge on any atom is -0.340 e. The molecule has 3 aromatic rings. The average Bonchev–Trinajstić information content (AvgIpc) is 2.62. The van der Waals surface area contributed by atoms with E-state index >= 15 is 0 Å². The van der Waals surface area contributed by atoms with E-state index in [1.165, 1.54) is 5.56 Å². The Morgan fingerprint density at radius 1 is 1.04 bits per heavy atom. The lowest BCUT2D eigenvalue weighted by Gasteiger charge is -2.32. The number of benzene rings is 1. The summed E-state index contributed by atoms with van der Waals surface area (Å²) in [5.41, 5.74) is 3.41. The second-order valence-electron chi connectivity index (χ2n) is 6.60. The van der Waals surface area contributed by atoms with Crippen molar-refractivity contribution in [1.82, 2.24) is 19.9 Å². The lowest BCUT2D eigenvalue weighted by molar-refractivity contribution is 0.311. The number of hydrogen-bond donors (Lipinski definition) is 1. The van der Waals surface area contributed by atoms with Crippen LogP contribution in [-0.4, -0.2) is 53.1 Å². The molecule has 1 fully saturated rings. The summed E-state index contributed by atoms with van der Waals surface area (Å²) < 4.78 is 0. The molecule has 0 saturated carbocycles. The zero-order chi connectivity index (χ0) is 17.4. The third-order valence-corrected chi connectivity index (χ3v) is 4.76. The highest BCUT2D eigenvalue weighted by atomic mass is 16.1. The number of aromatic amines is 1. The molecule has 2 aromatic heterocycles. The van der Waals surface area contributed by atoms with Crippen molar-refractivity contribution in [2.75, 3.05) is 38.1 Å². The van der Waals surface area contributed by atoms with Gasteiger partial charge in [0.2, 0.25) is 5.95 Å². The Kier molecular flexibility index (Phi) is 3.97. The Balaban J connectivity index is 1.80. The highest BCUT2D eigenvalue weighted by Crippen LogP contribution is 2.25. The molecule has 0 bridgehead atoms. The average molecular weight is 335 g/mol. The molecule has 25 heavy (non-hydrogen) atoms. The highest BCUT2D eigenvalue weighted by molar-refractivity contribution is 5.92. The standard InChI is InChI=1S/C19H21N5O/c1-13-3-5-14(6-4-13)15-7-8-20-17-16(15)18(25)22-19(21-17)24-11-9-23(2)10-12-24/h3-8H,9-12H2,1-2H3,(H,20,21,22,25). The highest BCUT2D eigenvalue weighted by Gasteiger charge is 2.18. The number of aryl methyl sites for hydroxylation is 1. The second kappa shape index (κ2) is 6.29. The molecule has 6 nitrogen and oxygen atoms in total. The Labute approximate surface area is 146 Å². The van der Waals surface area contributed by atoms with Crippen molar-refractivity contribution in [3.63, 3.8) is 0 Å². The first-order valence-electron chi connectivity index (χ1n) is 8.51. The first-order chi connectivity index (χ1) is 12.1. The number of nitrogens with zero attached hydrogens (tertiary/aromatic N) is 4. The van der Waals surface area contributed by atoms with Crippen LogP contribution >= 0.6 is 0 Å². The molecule has 0 atom stereocenters. The number of likely N-dealkylation sites (N-methyl/N-ethyl adjacent to an activating group) is 1. The molecule has 1 aliphatic heterocycles. The molecule has 6 heteroatoms. The van der Waals surface area contributed by atoms with E-state index in [1.54, 1.807) is 6.20 Å². The molecule has 0 spiro atoms. The van der Waals surface area contributed by atoms with Gasteiger partial charge in [0.15, 0.2) is 5.65 Å². The summed E-state index contributed by atoms with van der Waals surface area (Å²) in [6.45, 7) is 5.66. The van der Waals surface area contributed by atoms with Gasteiger partial charge in [-0.1, -0.05) is 29.8 Å². The van der Waals surface area contributed by atoms with Gasteiger partial charge in [-0.3, -0.25) is 9.78 Å². The van der Waals surface area contributed by atoms with E-state index in [0.29, 0.717) is 17.0 Å². The van der Waals surface area contributed by atoms with Crippen molar-refractivity contribution in [2.45, 2.75) is 6.92 Å². The summed E-state index contributed by atoms with van der Waals surface area (Å²) in [6, 6.07) is 10.0. The minimum absolute atomic E-state index is 0.136. The SMILES string of the molecule is Cc1ccc(-c2ccnc3nc(N4CCN(C)CC4)[nH]c(=O)c23)cc1. The zero-order valence-electron chi connectivity index (χ0n) is 14.5. The summed E-state index contributed by atoms with van der Waals surface area (Å²) in [5.74, 6) is 0.610.